The van der Waals surface area contributed by atoms with Crippen LogP contribution in [0.25, 0.3) is 0 Å². The molecule has 3 amide bonds. The molecule has 0 unspecified atom stereocenters. The van der Waals surface area contributed by atoms with E-state index in [4.69, 9.17) is 4.74 Å². The Balaban J connectivity index is 1.66. The van der Waals surface area contributed by atoms with Gasteiger partial charge in [-0.05, 0) is 38.1 Å². The van der Waals surface area contributed by atoms with Crippen LogP contribution in [-0.4, -0.2) is 56.2 Å². The smallest absolute Gasteiger partial charge is 0.319 e. The van der Waals surface area contributed by atoms with E-state index >= 15 is 0 Å². The lowest BCUT2D eigenvalue weighted by molar-refractivity contribution is 0.0748. The third kappa shape index (κ3) is 5.19. The maximum absolute atomic E-state index is 13.1. The van der Waals surface area contributed by atoms with Crippen LogP contribution in [0.1, 0.15) is 24.2 Å². The number of piperazine rings is 1. The summed E-state index contributed by atoms with van der Waals surface area (Å²) in [4.78, 5) is 29.2. The number of methoxy groups -OCH3 is 1. The summed E-state index contributed by atoms with van der Waals surface area (Å²) in [6, 6.07) is 14.8. The van der Waals surface area contributed by atoms with Gasteiger partial charge in [-0.1, -0.05) is 18.2 Å². The predicted molar refractivity (Wildman–Crippen MR) is 115 cm³/mol. The molecule has 1 heterocycles. The third-order valence-corrected chi connectivity index (χ3v) is 4.81. The van der Waals surface area contributed by atoms with Crippen molar-refractivity contribution in [2.24, 2.45) is 0 Å². The van der Waals surface area contributed by atoms with Crippen LogP contribution < -0.4 is 20.3 Å². The minimum absolute atomic E-state index is 0.0163. The van der Waals surface area contributed by atoms with Gasteiger partial charge in [-0.3, -0.25) is 4.79 Å². The van der Waals surface area contributed by atoms with Gasteiger partial charge in [0.2, 0.25) is 0 Å². The number of carbonyl (C=O) groups is 2. The molecule has 0 aliphatic carbocycles. The van der Waals surface area contributed by atoms with Gasteiger partial charge in [0.05, 0.1) is 18.4 Å². The Labute approximate surface area is 171 Å². The largest absolute Gasteiger partial charge is 0.497 e. The first-order valence-corrected chi connectivity index (χ1v) is 9.82. The molecule has 0 bridgehead atoms. The number of benzene rings is 2. The maximum Gasteiger partial charge on any atom is 0.319 e. The number of nitrogens with one attached hydrogen (secondary N) is 2. The zero-order valence-corrected chi connectivity index (χ0v) is 17.1. The maximum atomic E-state index is 13.1. The standard InChI is InChI=1S/C22H28N4O3/c1-16(2)23-22(28)24-20-10-5-4-9-19(20)21(27)26-13-11-25(12-14-26)17-7-6-8-18(15-17)29-3/h4-10,15-16H,11-14H2,1-3H3,(H2,23,24,28). The van der Waals surface area contributed by atoms with Crippen LogP contribution in [0.4, 0.5) is 16.2 Å². The minimum Gasteiger partial charge on any atom is -0.497 e. The quantitative estimate of drug-likeness (QED) is 0.814. The summed E-state index contributed by atoms with van der Waals surface area (Å²) in [5, 5.41) is 5.57. The Morgan fingerprint density at radius 1 is 1.00 bits per heavy atom. The van der Waals surface area contributed by atoms with E-state index in [0.29, 0.717) is 24.3 Å². The number of ether oxygens (including phenoxy) is 1. The van der Waals surface area contributed by atoms with E-state index < -0.39 is 0 Å². The first-order chi connectivity index (χ1) is 14.0. The highest BCUT2D eigenvalue weighted by Gasteiger charge is 2.24. The molecule has 2 aromatic carbocycles. The lowest BCUT2D eigenvalue weighted by Gasteiger charge is -2.36. The van der Waals surface area contributed by atoms with Crippen LogP contribution in [0.3, 0.4) is 0 Å². The monoisotopic (exact) mass is 396 g/mol. The molecule has 3 rings (SSSR count). The molecule has 154 valence electrons. The first kappa shape index (κ1) is 20.5. The van der Waals surface area contributed by atoms with Gasteiger partial charge >= 0.3 is 6.03 Å². The zero-order valence-electron chi connectivity index (χ0n) is 17.1. The second kappa shape index (κ2) is 9.32. The molecule has 0 spiro atoms. The topological polar surface area (TPSA) is 73.9 Å². The van der Waals surface area contributed by atoms with E-state index in [9.17, 15) is 9.59 Å². The van der Waals surface area contributed by atoms with Crippen LogP contribution >= 0.6 is 0 Å². The zero-order chi connectivity index (χ0) is 20.8. The van der Waals surface area contributed by atoms with Gasteiger partial charge in [0.25, 0.3) is 5.91 Å². The van der Waals surface area contributed by atoms with Crippen molar-refractivity contribution in [3.8, 4) is 5.75 Å². The van der Waals surface area contributed by atoms with Crippen molar-refractivity contribution in [2.75, 3.05) is 43.5 Å². The molecule has 0 aromatic heterocycles. The van der Waals surface area contributed by atoms with Crippen molar-refractivity contribution in [1.82, 2.24) is 10.2 Å². The highest BCUT2D eigenvalue weighted by atomic mass is 16.5. The number of para-hydroxylation sites is 1. The summed E-state index contributed by atoms with van der Waals surface area (Å²) in [5.74, 6) is 0.747. The van der Waals surface area contributed by atoms with Gasteiger partial charge in [-0.25, -0.2) is 4.79 Å². The van der Waals surface area contributed by atoms with Crippen LogP contribution in [0.15, 0.2) is 48.5 Å². The van der Waals surface area contributed by atoms with E-state index in [1.165, 1.54) is 0 Å². The van der Waals surface area contributed by atoms with Crippen LogP contribution in [0, 0.1) is 0 Å². The summed E-state index contributed by atoms with van der Waals surface area (Å²) < 4.78 is 5.30. The highest BCUT2D eigenvalue weighted by Crippen LogP contribution is 2.23. The average Bonchev–Trinajstić information content (AvgIpc) is 2.73. The predicted octanol–water partition coefficient (Wildman–Crippen LogP) is 3.19. The molecular formula is C22H28N4O3. The second-order valence-electron chi connectivity index (χ2n) is 7.28. The van der Waals surface area contributed by atoms with Crippen LogP contribution in [-0.2, 0) is 0 Å². The summed E-state index contributed by atoms with van der Waals surface area (Å²) in [5.41, 5.74) is 2.11. The molecule has 2 aromatic rings. The summed E-state index contributed by atoms with van der Waals surface area (Å²) in [7, 11) is 1.66. The number of hydrogen-bond acceptors (Lipinski definition) is 4. The average molecular weight is 396 g/mol. The molecule has 7 heteroatoms. The summed E-state index contributed by atoms with van der Waals surface area (Å²) in [6.07, 6.45) is 0. The highest BCUT2D eigenvalue weighted by molar-refractivity contribution is 6.03. The van der Waals surface area contributed by atoms with Gasteiger partial charge in [-0.2, -0.15) is 0 Å². The molecule has 7 nitrogen and oxygen atoms in total. The van der Waals surface area contributed by atoms with Gasteiger partial charge in [-0.15, -0.1) is 0 Å². The number of nitrogens with zero attached hydrogens (tertiary/aromatic N) is 2. The van der Waals surface area contributed by atoms with Gasteiger partial charge in [0.1, 0.15) is 5.75 Å². The molecule has 1 fully saturated rings. The lowest BCUT2D eigenvalue weighted by atomic mass is 10.1. The Morgan fingerprint density at radius 3 is 2.41 bits per heavy atom. The fraction of sp³-hybridized carbons (Fsp3) is 0.364. The Kier molecular flexibility index (Phi) is 6.59. The summed E-state index contributed by atoms with van der Waals surface area (Å²) in [6.45, 7) is 6.48. The molecule has 0 atom stereocenters. The normalized spacial score (nSPS) is 13.9. The van der Waals surface area contributed by atoms with Crippen LogP contribution in [0.2, 0.25) is 0 Å². The SMILES string of the molecule is COc1cccc(N2CCN(C(=O)c3ccccc3NC(=O)NC(C)C)CC2)c1. The van der Waals surface area contributed by atoms with Crippen molar-refractivity contribution in [3.05, 3.63) is 54.1 Å². The van der Waals surface area contributed by atoms with Gasteiger partial charge in [0.15, 0.2) is 0 Å². The fourth-order valence-electron chi connectivity index (χ4n) is 3.34. The van der Waals surface area contributed by atoms with Crippen LogP contribution in [0.5, 0.6) is 5.75 Å². The van der Waals surface area contributed by atoms with Crippen molar-refractivity contribution in [1.29, 1.82) is 0 Å². The van der Waals surface area contributed by atoms with E-state index in [1.807, 2.05) is 55.1 Å². The Morgan fingerprint density at radius 2 is 1.72 bits per heavy atom. The number of rotatable bonds is 5. The van der Waals surface area contributed by atoms with Crippen molar-refractivity contribution in [2.45, 2.75) is 19.9 Å². The van der Waals surface area contributed by atoms with Crippen molar-refractivity contribution >= 4 is 23.3 Å². The van der Waals surface area contributed by atoms with Crippen molar-refractivity contribution in [3.63, 3.8) is 0 Å². The molecule has 1 saturated heterocycles. The molecule has 1 aliphatic heterocycles. The molecular weight excluding hydrogens is 368 g/mol. The van der Waals surface area contributed by atoms with Gasteiger partial charge < -0.3 is 25.2 Å². The molecule has 2 N–H and O–H groups in total. The molecule has 0 saturated carbocycles. The third-order valence-electron chi connectivity index (χ3n) is 4.81. The van der Waals surface area contributed by atoms with Gasteiger partial charge in [0, 0.05) is 44.0 Å². The number of urea groups is 1. The summed E-state index contributed by atoms with van der Waals surface area (Å²) >= 11 is 0. The molecule has 29 heavy (non-hydrogen) atoms. The number of amides is 3. The Bertz CT molecular complexity index is 861. The minimum atomic E-state index is -0.317. The molecule has 1 aliphatic rings. The van der Waals surface area contributed by atoms with E-state index in [1.54, 1.807) is 19.2 Å². The van der Waals surface area contributed by atoms with Crippen molar-refractivity contribution < 1.29 is 14.3 Å². The van der Waals surface area contributed by atoms with E-state index in [0.717, 1.165) is 24.5 Å². The van der Waals surface area contributed by atoms with E-state index in [-0.39, 0.29) is 18.0 Å². The number of hydrogen-bond donors (Lipinski definition) is 2. The fourth-order valence-corrected chi connectivity index (χ4v) is 3.34. The van der Waals surface area contributed by atoms with E-state index in [2.05, 4.69) is 15.5 Å². The first-order valence-electron chi connectivity index (χ1n) is 9.82. The molecule has 0 radical (unpaired) electrons. The number of anilines is 2. The Hall–Kier alpha value is -3.22. The second-order valence-corrected chi connectivity index (χ2v) is 7.28. The number of carbonyl (C=O) groups excluding carboxylic acids is 2. The lowest BCUT2D eigenvalue weighted by Crippen LogP contribution is -2.49.